The number of anilines is 2. The van der Waals surface area contributed by atoms with Crippen molar-refractivity contribution in [2.75, 3.05) is 25.7 Å². The summed E-state index contributed by atoms with van der Waals surface area (Å²) in [6.45, 7) is 0. The lowest BCUT2D eigenvalue weighted by Gasteiger charge is -2.11. The van der Waals surface area contributed by atoms with Crippen LogP contribution in [0.4, 0.5) is 34.1 Å². The molecule has 0 unspecified atom stereocenters. The SMILES string of the molecule is COc1cc(-c2ccc(N=Nc3cc(S(=O)(=O)O)c4ccccc4c3N)c(OC)c2)ccc1N=Nc1cc(S(=O)(=O)O)c2ccccc2c1N. The van der Waals surface area contributed by atoms with E-state index in [1.165, 1.54) is 26.4 Å². The van der Waals surface area contributed by atoms with Gasteiger partial charge in [-0.3, -0.25) is 9.11 Å². The summed E-state index contributed by atoms with van der Waals surface area (Å²) in [6.07, 6.45) is 0. The molecule has 6 N–H and O–H groups in total. The van der Waals surface area contributed by atoms with Gasteiger partial charge in [-0.25, -0.2) is 0 Å². The van der Waals surface area contributed by atoms with Crippen molar-refractivity contribution in [2.45, 2.75) is 9.79 Å². The molecule has 0 aliphatic heterocycles. The molecule has 0 aliphatic rings. The van der Waals surface area contributed by atoms with Crippen molar-refractivity contribution in [2.24, 2.45) is 20.5 Å². The molecular weight excluding hydrogens is 685 g/mol. The molecule has 0 heterocycles. The van der Waals surface area contributed by atoms with Crippen LogP contribution in [0.25, 0.3) is 32.7 Å². The van der Waals surface area contributed by atoms with Crippen molar-refractivity contribution in [3.63, 3.8) is 0 Å². The third kappa shape index (κ3) is 6.55. The molecule has 0 atom stereocenters. The van der Waals surface area contributed by atoms with Crippen LogP contribution in [0.15, 0.2) is 127 Å². The van der Waals surface area contributed by atoms with E-state index in [9.17, 15) is 25.9 Å². The Labute approximate surface area is 286 Å². The number of benzene rings is 6. The van der Waals surface area contributed by atoms with Gasteiger partial charge < -0.3 is 20.9 Å². The number of hydrogen-bond donors (Lipinski definition) is 4. The molecule has 0 saturated heterocycles. The Kier molecular flexibility index (Phi) is 8.94. The van der Waals surface area contributed by atoms with Crippen molar-refractivity contribution in [3.05, 3.63) is 97.1 Å². The van der Waals surface area contributed by atoms with E-state index in [0.29, 0.717) is 44.8 Å². The number of nitrogen functional groups attached to an aromatic ring is 2. The molecule has 254 valence electrons. The number of nitrogens with zero attached hydrogens (tertiary/aromatic N) is 4. The average molecular weight is 713 g/mol. The fraction of sp³-hybridized carbons (Fsp3) is 0.0588. The zero-order valence-corrected chi connectivity index (χ0v) is 28.0. The minimum atomic E-state index is -4.59. The molecule has 0 fully saturated rings. The van der Waals surface area contributed by atoms with Crippen LogP contribution in [0.3, 0.4) is 0 Å². The van der Waals surface area contributed by atoms with Crippen LogP contribution in [0.2, 0.25) is 0 Å². The number of azo groups is 2. The molecule has 0 bridgehead atoms. The van der Waals surface area contributed by atoms with Gasteiger partial charge in [0.25, 0.3) is 20.2 Å². The number of rotatable bonds is 9. The lowest BCUT2D eigenvalue weighted by atomic mass is 10.0. The predicted molar refractivity (Wildman–Crippen MR) is 190 cm³/mol. The first-order chi connectivity index (χ1) is 23.8. The third-order valence-electron chi connectivity index (χ3n) is 7.83. The number of hydrogen-bond acceptors (Lipinski definition) is 12. The largest absolute Gasteiger partial charge is 0.494 e. The van der Waals surface area contributed by atoms with Crippen LogP contribution >= 0.6 is 0 Å². The Morgan fingerprint density at radius 1 is 0.500 bits per heavy atom. The Morgan fingerprint density at radius 2 is 0.840 bits per heavy atom. The van der Waals surface area contributed by atoms with Crippen molar-refractivity contribution >= 4 is 75.9 Å². The van der Waals surface area contributed by atoms with Gasteiger partial charge in [0.15, 0.2) is 0 Å². The number of ether oxygens (including phenoxy) is 2. The van der Waals surface area contributed by atoms with Gasteiger partial charge in [-0.1, -0.05) is 60.7 Å². The van der Waals surface area contributed by atoms with E-state index in [1.807, 2.05) is 0 Å². The molecule has 14 nitrogen and oxygen atoms in total. The summed E-state index contributed by atoms with van der Waals surface area (Å²) >= 11 is 0. The van der Waals surface area contributed by atoms with Crippen molar-refractivity contribution in [3.8, 4) is 22.6 Å². The monoisotopic (exact) mass is 712 g/mol. The standard InChI is InChI=1S/C34H28N6O8S2/c1-47-29-15-19(11-13-25(29)37-39-27-17-31(49(41,42)43)21-7-3-5-9-23(21)33(27)35)20-12-14-26(30(16-20)48-2)38-40-28-18-32(50(44,45)46)22-8-4-6-10-24(22)34(28)36/h3-18H,35-36H2,1-2H3,(H,41,42,43)(H,44,45,46). The maximum Gasteiger partial charge on any atom is 0.295 e. The van der Waals surface area contributed by atoms with Crippen molar-refractivity contribution in [1.82, 2.24) is 0 Å². The maximum atomic E-state index is 12.1. The Hall–Kier alpha value is -5.94. The Morgan fingerprint density at radius 3 is 1.18 bits per heavy atom. The van der Waals surface area contributed by atoms with Gasteiger partial charge in [0, 0.05) is 21.5 Å². The van der Waals surface area contributed by atoms with Crippen LogP contribution in [0, 0.1) is 0 Å². The molecule has 0 saturated carbocycles. The molecule has 0 spiro atoms. The summed E-state index contributed by atoms with van der Waals surface area (Å²) in [5.74, 6) is 0.675. The summed E-state index contributed by atoms with van der Waals surface area (Å²) in [5.41, 5.74) is 15.0. The third-order valence-corrected chi connectivity index (χ3v) is 9.62. The Balaban J connectivity index is 1.32. The Bertz CT molecular complexity index is 2430. The highest BCUT2D eigenvalue weighted by molar-refractivity contribution is 7.86. The van der Waals surface area contributed by atoms with E-state index in [-0.39, 0.29) is 43.3 Å². The van der Waals surface area contributed by atoms with Crippen LogP contribution in [-0.4, -0.2) is 40.2 Å². The molecule has 6 aromatic rings. The van der Waals surface area contributed by atoms with E-state index in [4.69, 9.17) is 20.9 Å². The zero-order valence-electron chi connectivity index (χ0n) is 26.3. The summed E-state index contributed by atoms with van der Waals surface area (Å²) in [7, 11) is -6.27. The van der Waals surface area contributed by atoms with E-state index in [0.717, 1.165) is 12.1 Å². The average Bonchev–Trinajstić information content (AvgIpc) is 3.10. The van der Waals surface area contributed by atoms with E-state index in [2.05, 4.69) is 20.5 Å². The lowest BCUT2D eigenvalue weighted by Crippen LogP contribution is -2.01. The lowest BCUT2D eigenvalue weighted by molar-refractivity contribution is 0.415. The van der Waals surface area contributed by atoms with Gasteiger partial charge in [0.2, 0.25) is 0 Å². The molecule has 0 aromatic heterocycles. The number of methoxy groups -OCH3 is 2. The quantitative estimate of drug-likeness (QED) is 0.0638. The minimum Gasteiger partial charge on any atom is -0.494 e. The van der Waals surface area contributed by atoms with Crippen molar-refractivity contribution < 1.29 is 35.4 Å². The van der Waals surface area contributed by atoms with Crippen LogP contribution in [0.1, 0.15) is 0 Å². The highest BCUT2D eigenvalue weighted by atomic mass is 32.2. The van der Waals surface area contributed by atoms with E-state index < -0.39 is 20.2 Å². The van der Waals surface area contributed by atoms with Gasteiger partial charge in [-0.05, 0) is 47.5 Å². The normalized spacial score (nSPS) is 12.3. The predicted octanol–water partition coefficient (Wildman–Crippen LogP) is 8.17. The van der Waals surface area contributed by atoms with Crippen LogP contribution in [-0.2, 0) is 20.2 Å². The molecule has 50 heavy (non-hydrogen) atoms. The second-order valence-corrected chi connectivity index (χ2v) is 13.6. The summed E-state index contributed by atoms with van der Waals surface area (Å²) in [5, 5.41) is 18.1. The molecular formula is C34H28N6O8S2. The van der Waals surface area contributed by atoms with Gasteiger partial charge in [-0.15, -0.1) is 20.5 Å². The fourth-order valence-corrected chi connectivity index (χ4v) is 6.82. The molecule has 6 rings (SSSR count). The second-order valence-electron chi connectivity index (χ2n) is 10.8. The molecule has 16 heteroatoms. The maximum absolute atomic E-state index is 12.1. The smallest absolute Gasteiger partial charge is 0.295 e. The summed E-state index contributed by atoms with van der Waals surface area (Å²) < 4.78 is 79.1. The van der Waals surface area contributed by atoms with Gasteiger partial charge in [-0.2, -0.15) is 16.8 Å². The van der Waals surface area contributed by atoms with Gasteiger partial charge in [0.1, 0.15) is 44.0 Å². The first-order valence-electron chi connectivity index (χ1n) is 14.6. The first-order valence-corrected chi connectivity index (χ1v) is 17.5. The molecule has 0 amide bonds. The molecule has 0 radical (unpaired) electrons. The topological polar surface area (TPSA) is 229 Å². The van der Waals surface area contributed by atoms with E-state index in [1.54, 1.807) is 72.8 Å². The molecule has 0 aliphatic carbocycles. The summed E-state index contributed by atoms with van der Waals surface area (Å²) in [6, 6.07) is 25.5. The van der Waals surface area contributed by atoms with Crippen molar-refractivity contribution in [1.29, 1.82) is 0 Å². The number of fused-ring (bicyclic) bond motifs is 2. The minimum absolute atomic E-state index is 0.0385. The first kappa shape index (κ1) is 33.9. The fourth-order valence-electron chi connectivity index (χ4n) is 5.39. The highest BCUT2D eigenvalue weighted by Gasteiger charge is 2.20. The number of nitrogens with two attached hydrogens (primary N) is 2. The van der Waals surface area contributed by atoms with Crippen LogP contribution < -0.4 is 20.9 Å². The van der Waals surface area contributed by atoms with Crippen LogP contribution in [0.5, 0.6) is 11.5 Å². The zero-order chi connectivity index (χ0) is 35.8. The van der Waals surface area contributed by atoms with Gasteiger partial charge in [0.05, 0.1) is 25.6 Å². The summed E-state index contributed by atoms with van der Waals surface area (Å²) in [4.78, 5) is -0.696. The highest BCUT2D eigenvalue weighted by Crippen LogP contribution is 2.41. The van der Waals surface area contributed by atoms with E-state index >= 15 is 0 Å². The second kappa shape index (κ2) is 13.2. The molecule has 6 aromatic carbocycles. The van der Waals surface area contributed by atoms with Gasteiger partial charge >= 0.3 is 0 Å².